The first-order valence-electron chi connectivity index (χ1n) is 9.58. The first kappa shape index (κ1) is 18.4. The van der Waals surface area contributed by atoms with Gasteiger partial charge in [-0.1, -0.05) is 0 Å². The predicted molar refractivity (Wildman–Crippen MR) is 102 cm³/mol. The number of aliphatic imine (C=N–C) groups is 1. The summed E-state index contributed by atoms with van der Waals surface area (Å²) in [5.41, 5.74) is 0. The highest BCUT2D eigenvalue weighted by Gasteiger charge is 2.22. The largest absolute Gasteiger partial charge is 0.357 e. The van der Waals surface area contributed by atoms with Gasteiger partial charge in [0.25, 0.3) is 0 Å². The second-order valence-electron chi connectivity index (χ2n) is 6.76. The van der Waals surface area contributed by atoms with Gasteiger partial charge < -0.3 is 20.4 Å². The summed E-state index contributed by atoms with van der Waals surface area (Å²) in [7, 11) is 0. The van der Waals surface area contributed by atoms with Gasteiger partial charge in [0.2, 0.25) is 11.9 Å². The minimum Gasteiger partial charge on any atom is -0.357 e. The maximum Gasteiger partial charge on any atom is 0.225 e. The molecule has 1 saturated heterocycles. The number of nitrogens with one attached hydrogen (secondary N) is 2. The van der Waals surface area contributed by atoms with Crippen LogP contribution in [-0.2, 0) is 4.79 Å². The summed E-state index contributed by atoms with van der Waals surface area (Å²) in [4.78, 5) is 29.6. The highest BCUT2D eigenvalue weighted by atomic mass is 16.2. The van der Waals surface area contributed by atoms with Crippen molar-refractivity contribution in [1.82, 2.24) is 25.5 Å². The molecular weight excluding hydrogens is 330 g/mol. The SMILES string of the molecule is CCNC(=NCC1CC1)NCCC(=O)N1CCN(c2ncccn2)CC1. The van der Waals surface area contributed by atoms with E-state index in [4.69, 9.17) is 0 Å². The van der Waals surface area contributed by atoms with E-state index in [1.165, 1.54) is 12.8 Å². The molecule has 0 atom stereocenters. The monoisotopic (exact) mass is 359 g/mol. The molecule has 1 aromatic heterocycles. The Labute approximate surface area is 155 Å². The Morgan fingerprint density at radius 1 is 1.19 bits per heavy atom. The Kier molecular flexibility index (Phi) is 6.62. The number of guanidine groups is 1. The van der Waals surface area contributed by atoms with E-state index >= 15 is 0 Å². The second-order valence-corrected chi connectivity index (χ2v) is 6.76. The number of carbonyl (C=O) groups excluding carboxylic acids is 1. The van der Waals surface area contributed by atoms with Crippen LogP contribution in [0.3, 0.4) is 0 Å². The van der Waals surface area contributed by atoms with E-state index in [1.54, 1.807) is 12.4 Å². The summed E-state index contributed by atoms with van der Waals surface area (Å²) < 4.78 is 0. The number of hydrogen-bond acceptors (Lipinski definition) is 5. The van der Waals surface area contributed by atoms with Crippen molar-refractivity contribution < 1.29 is 4.79 Å². The van der Waals surface area contributed by atoms with Crippen LogP contribution in [0.25, 0.3) is 0 Å². The average molecular weight is 359 g/mol. The van der Waals surface area contributed by atoms with Crippen molar-refractivity contribution in [1.29, 1.82) is 0 Å². The molecule has 3 rings (SSSR count). The smallest absolute Gasteiger partial charge is 0.225 e. The summed E-state index contributed by atoms with van der Waals surface area (Å²) in [6, 6.07) is 1.81. The molecule has 1 aliphatic carbocycles. The first-order valence-corrected chi connectivity index (χ1v) is 9.58. The van der Waals surface area contributed by atoms with E-state index in [0.29, 0.717) is 26.1 Å². The minimum atomic E-state index is 0.184. The zero-order valence-electron chi connectivity index (χ0n) is 15.5. The van der Waals surface area contributed by atoms with Crippen LogP contribution in [-0.4, -0.2) is 72.5 Å². The summed E-state index contributed by atoms with van der Waals surface area (Å²) in [6.45, 7) is 7.34. The maximum absolute atomic E-state index is 12.4. The number of aromatic nitrogens is 2. The molecule has 2 heterocycles. The molecule has 1 aliphatic heterocycles. The van der Waals surface area contributed by atoms with Gasteiger partial charge in [-0.05, 0) is 31.7 Å². The Morgan fingerprint density at radius 2 is 1.92 bits per heavy atom. The lowest BCUT2D eigenvalue weighted by Crippen LogP contribution is -2.50. The third-order valence-electron chi connectivity index (χ3n) is 4.65. The van der Waals surface area contributed by atoms with Crippen molar-refractivity contribution in [2.45, 2.75) is 26.2 Å². The van der Waals surface area contributed by atoms with Crippen LogP contribution in [0.4, 0.5) is 5.95 Å². The number of rotatable bonds is 7. The summed E-state index contributed by atoms with van der Waals surface area (Å²) in [6.07, 6.45) is 6.56. The first-order chi connectivity index (χ1) is 12.8. The zero-order valence-corrected chi connectivity index (χ0v) is 15.5. The van der Waals surface area contributed by atoms with Crippen LogP contribution in [0.5, 0.6) is 0 Å². The molecule has 8 heteroatoms. The highest BCUT2D eigenvalue weighted by Crippen LogP contribution is 2.28. The Balaban J connectivity index is 1.37. The van der Waals surface area contributed by atoms with Gasteiger partial charge in [0, 0.05) is 64.6 Å². The minimum absolute atomic E-state index is 0.184. The zero-order chi connectivity index (χ0) is 18.2. The molecular formula is C18H29N7O. The van der Waals surface area contributed by atoms with Crippen LogP contribution >= 0.6 is 0 Å². The number of hydrogen-bond donors (Lipinski definition) is 2. The van der Waals surface area contributed by atoms with Gasteiger partial charge >= 0.3 is 0 Å². The van der Waals surface area contributed by atoms with Crippen molar-refractivity contribution in [2.24, 2.45) is 10.9 Å². The molecule has 2 fully saturated rings. The lowest BCUT2D eigenvalue weighted by Gasteiger charge is -2.34. The van der Waals surface area contributed by atoms with E-state index in [-0.39, 0.29) is 5.91 Å². The fourth-order valence-electron chi connectivity index (χ4n) is 2.92. The van der Waals surface area contributed by atoms with Gasteiger partial charge in [0.1, 0.15) is 0 Å². The molecule has 0 spiro atoms. The fourth-order valence-corrected chi connectivity index (χ4v) is 2.92. The predicted octanol–water partition coefficient (Wildman–Crippen LogP) is 0.480. The van der Waals surface area contributed by atoms with Crippen molar-refractivity contribution in [3.8, 4) is 0 Å². The van der Waals surface area contributed by atoms with Crippen molar-refractivity contribution >= 4 is 17.8 Å². The van der Waals surface area contributed by atoms with Crippen molar-refractivity contribution in [3.63, 3.8) is 0 Å². The third kappa shape index (κ3) is 5.57. The van der Waals surface area contributed by atoms with E-state index in [2.05, 4.69) is 37.4 Å². The maximum atomic E-state index is 12.4. The Morgan fingerprint density at radius 3 is 2.58 bits per heavy atom. The molecule has 0 aromatic carbocycles. The molecule has 1 amide bonds. The summed E-state index contributed by atoms with van der Waals surface area (Å²) >= 11 is 0. The Hall–Kier alpha value is -2.38. The van der Waals surface area contributed by atoms with Gasteiger partial charge in [-0.3, -0.25) is 9.79 Å². The standard InChI is InChI=1S/C18H29N7O/c1-2-19-17(23-14-15-4-5-15)20-9-6-16(26)24-10-12-25(13-11-24)18-21-7-3-8-22-18/h3,7-8,15H,2,4-6,9-14H2,1H3,(H2,19,20,23). The normalized spacial score (nSPS) is 18.0. The average Bonchev–Trinajstić information content (AvgIpc) is 3.51. The van der Waals surface area contributed by atoms with Crippen LogP contribution < -0.4 is 15.5 Å². The van der Waals surface area contributed by atoms with Gasteiger partial charge in [-0.2, -0.15) is 0 Å². The summed E-state index contributed by atoms with van der Waals surface area (Å²) in [5, 5.41) is 6.51. The lowest BCUT2D eigenvalue weighted by molar-refractivity contribution is -0.131. The van der Waals surface area contributed by atoms with E-state index in [0.717, 1.165) is 44.0 Å². The van der Waals surface area contributed by atoms with Gasteiger partial charge in [0.05, 0.1) is 0 Å². The molecule has 8 nitrogen and oxygen atoms in total. The number of amides is 1. The number of nitrogens with zero attached hydrogens (tertiary/aromatic N) is 5. The molecule has 1 aromatic rings. The summed E-state index contributed by atoms with van der Waals surface area (Å²) in [5.74, 6) is 2.50. The topological polar surface area (TPSA) is 85.8 Å². The Bertz CT molecular complexity index is 595. The third-order valence-corrected chi connectivity index (χ3v) is 4.65. The fraction of sp³-hybridized carbons (Fsp3) is 0.667. The van der Waals surface area contributed by atoms with Gasteiger partial charge in [0.15, 0.2) is 5.96 Å². The van der Waals surface area contributed by atoms with Crippen LogP contribution in [0.2, 0.25) is 0 Å². The van der Waals surface area contributed by atoms with Crippen LogP contribution in [0.15, 0.2) is 23.5 Å². The molecule has 26 heavy (non-hydrogen) atoms. The molecule has 0 bridgehead atoms. The number of anilines is 1. The molecule has 142 valence electrons. The molecule has 0 unspecified atom stereocenters. The number of carbonyl (C=O) groups is 1. The van der Waals surface area contributed by atoms with Crippen molar-refractivity contribution in [2.75, 3.05) is 50.7 Å². The van der Waals surface area contributed by atoms with E-state index in [9.17, 15) is 4.79 Å². The second kappa shape index (κ2) is 9.35. The molecule has 1 saturated carbocycles. The van der Waals surface area contributed by atoms with Crippen molar-refractivity contribution in [3.05, 3.63) is 18.5 Å². The van der Waals surface area contributed by atoms with E-state index < -0.39 is 0 Å². The quantitative estimate of drug-likeness (QED) is 0.544. The van der Waals surface area contributed by atoms with E-state index in [1.807, 2.05) is 11.0 Å². The lowest BCUT2D eigenvalue weighted by atomic mass is 10.3. The molecule has 2 N–H and O–H groups in total. The highest BCUT2D eigenvalue weighted by molar-refractivity contribution is 5.81. The number of piperazine rings is 1. The molecule has 2 aliphatic rings. The van der Waals surface area contributed by atoms with Crippen LogP contribution in [0, 0.1) is 5.92 Å². The van der Waals surface area contributed by atoms with Gasteiger partial charge in [-0.15, -0.1) is 0 Å². The van der Waals surface area contributed by atoms with Crippen LogP contribution in [0.1, 0.15) is 26.2 Å². The van der Waals surface area contributed by atoms with Gasteiger partial charge in [-0.25, -0.2) is 9.97 Å². The molecule has 0 radical (unpaired) electrons.